The third kappa shape index (κ3) is 4.62. The molecular weight excluding hydrogens is 405 g/mol. The average molecular weight is 431 g/mol. The molecule has 4 aromatic rings. The fourth-order valence-electron chi connectivity index (χ4n) is 3.87. The van der Waals surface area contributed by atoms with Crippen molar-refractivity contribution in [3.63, 3.8) is 0 Å². The summed E-state index contributed by atoms with van der Waals surface area (Å²) in [5.74, 6) is -1.87. The van der Waals surface area contributed by atoms with Gasteiger partial charge in [-0.25, -0.2) is 13.2 Å². The molecule has 32 heavy (non-hydrogen) atoms. The van der Waals surface area contributed by atoms with E-state index in [9.17, 15) is 13.2 Å². The van der Waals surface area contributed by atoms with Crippen molar-refractivity contribution in [3.8, 4) is 22.3 Å². The highest BCUT2D eigenvalue weighted by Crippen LogP contribution is 2.31. The first-order chi connectivity index (χ1) is 15.5. The molecule has 0 aromatic heterocycles. The molecule has 4 rings (SSSR count). The third-order valence-corrected chi connectivity index (χ3v) is 5.92. The van der Waals surface area contributed by atoms with Gasteiger partial charge in [-0.05, 0) is 60.1 Å². The van der Waals surface area contributed by atoms with E-state index in [0.29, 0.717) is 29.5 Å². The molecule has 0 spiro atoms. The average Bonchev–Trinajstić information content (AvgIpc) is 2.81. The number of hydrogen-bond acceptors (Lipinski definition) is 0. The summed E-state index contributed by atoms with van der Waals surface area (Å²) in [7, 11) is 0. The van der Waals surface area contributed by atoms with E-state index in [1.165, 1.54) is 0 Å². The van der Waals surface area contributed by atoms with Crippen LogP contribution >= 0.6 is 0 Å². The largest absolute Gasteiger partial charge is 0.207 e. The number of aryl methyl sites for hydroxylation is 4. The Morgan fingerprint density at radius 2 is 1.12 bits per heavy atom. The molecule has 0 aliphatic carbocycles. The third-order valence-electron chi connectivity index (χ3n) is 5.92. The van der Waals surface area contributed by atoms with Crippen molar-refractivity contribution in [2.75, 3.05) is 0 Å². The van der Waals surface area contributed by atoms with Crippen molar-refractivity contribution in [1.29, 1.82) is 0 Å². The number of rotatable bonds is 6. The Bertz CT molecular complexity index is 1220. The van der Waals surface area contributed by atoms with Gasteiger partial charge in [0, 0.05) is 11.1 Å². The van der Waals surface area contributed by atoms with Gasteiger partial charge >= 0.3 is 0 Å². The normalized spacial score (nSPS) is 11.0. The number of halogens is 3. The molecule has 0 radical (unpaired) electrons. The Labute approximate surface area is 187 Å². The van der Waals surface area contributed by atoms with E-state index in [0.717, 1.165) is 23.1 Å². The highest BCUT2D eigenvalue weighted by Gasteiger charge is 2.16. The lowest BCUT2D eigenvalue weighted by molar-refractivity contribution is 0.514. The molecule has 0 fully saturated rings. The predicted octanol–water partition coefficient (Wildman–Crippen LogP) is 8.09. The molecule has 0 amide bonds. The number of hydrogen-bond donors (Lipinski definition) is 0. The maximum absolute atomic E-state index is 14.9. The standard InChI is InChI=1S/C29H25F3/c1-3-20-6-14-24(27(30)18-20)15-9-21-7-12-23(13-8-21)26-17-16-25(28(31)29(26)32)22-10-4-19(2)5-11-22/h4-8,10-14,16-18H,3,9,15H2,1-2H3. The van der Waals surface area contributed by atoms with Gasteiger partial charge in [0.1, 0.15) is 5.82 Å². The summed E-state index contributed by atoms with van der Waals surface area (Å²) < 4.78 is 43.9. The molecule has 3 heteroatoms. The maximum atomic E-state index is 14.9. The van der Waals surface area contributed by atoms with E-state index in [1.807, 2.05) is 50.2 Å². The fraction of sp³-hybridized carbons (Fsp3) is 0.172. The van der Waals surface area contributed by atoms with Crippen LogP contribution in [0.1, 0.15) is 29.2 Å². The SMILES string of the molecule is CCc1ccc(CCc2ccc(-c3ccc(-c4ccc(C)cc4)c(F)c3F)cc2)c(F)c1. The minimum Gasteiger partial charge on any atom is -0.207 e. The first-order valence-corrected chi connectivity index (χ1v) is 10.9. The van der Waals surface area contributed by atoms with Crippen LogP contribution in [-0.4, -0.2) is 0 Å². The monoisotopic (exact) mass is 430 g/mol. The molecule has 0 nitrogen and oxygen atoms in total. The van der Waals surface area contributed by atoms with Gasteiger partial charge in [-0.2, -0.15) is 0 Å². The summed E-state index contributed by atoms with van der Waals surface area (Å²) in [6.07, 6.45) is 2.07. The molecule has 0 aliphatic rings. The maximum Gasteiger partial charge on any atom is 0.167 e. The van der Waals surface area contributed by atoms with Crippen LogP contribution in [-0.2, 0) is 19.3 Å². The van der Waals surface area contributed by atoms with Crippen molar-refractivity contribution in [1.82, 2.24) is 0 Å². The zero-order chi connectivity index (χ0) is 22.7. The van der Waals surface area contributed by atoms with E-state index in [-0.39, 0.29) is 16.9 Å². The highest BCUT2D eigenvalue weighted by molar-refractivity contribution is 5.72. The molecule has 0 atom stereocenters. The zero-order valence-electron chi connectivity index (χ0n) is 18.3. The molecule has 0 N–H and O–H groups in total. The van der Waals surface area contributed by atoms with Crippen molar-refractivity contribution >= 4 is 0 Å². The second-order valence-corrected chi connectivity index (χ2v) is 8.13. The molecule has 0 saturated heterocycles. The van der Waals surface area contributed by atoms with Gasteiger partial charge in [0.2, 0.25) is 0 Å². The molecule has 162 valence electrons. The lowest BCUT2D eigenvalue weighted by atomic mass is 9.96. The van der Waals surface area contributed by atoms with Crippen LogP contribution < -0.4 is 0 Å². The summed E-state index contributed by atoms with van der Waals surface area (Å²) in [4.78, 5) is 0. The van der Waals surface area contributed by atoms with Crippen LogP contribution in [0, 0.1) is 24.4 Å². The topological polar surface area (TPSA) is 0 Å². The van der Waals surface area contributed by atoms with Crippen LogP contribution in [0.3, 0.4) is 0 Å². The number of benzene rings is 4. The van der Waals surface area contributed by atoms with E-state index in [1.54, 1.807) is 42.5 Å². The predicted molar refractivity (Wildman–Crippen MR) is 125 cm³/mol. The molecular formula is C29H25F3. The molecule has 0 unspecified atom stereocenters. The molecule has 4 aromatic carbocycles. The summed E-state index contributed by atoms with van der Waals surface area (Å²) in [5, 5.41) is 0. The quantitative estimate of drug-likeness (QED) is 0.290. The summed E-state index contributed by atoms with van der Waals surface area (Å²) in [5.41, 5.74) is 5.48. The first kappa shape index (κ1) is 21.9. The summed E-state index contributed by atoms with van der Waals surface area (Å²) in [6, 6.07) is 23.3. The van der Waals surface area contributed by atoms with E-state index in [4.69, 9.17) is 0 Å². The zero-order valence-corrected chi connectivity index (χ0v) is 18.3. The van der Waals surface area contributed by atoms with E-state index in [2.05, 4.69) is 0 Å². The second kappa shape index (κ2) is 9.44. The first-order valence-electron chi connectivity index (χ1n) is 10.9. The van der Waals surface area contributed by atoms with Gasteiger partial charge < -0.3 is 0 Å². The fourth-order valence-corrected chi connectivity index (χ4v) is 3.87. The Morgan fingerprint density at radius 1 is 0.594 bits per heavy atom. The highest BCUT2D eigenvalue weighted by atomic mass is 19.2. The minimum atomic E-state index is -0.853. The molecule has 0 bridgehead atoms. The molecule has 0 saturated carbocycles. The van der Waals surface area contributed by atoms with Gasteiger partial charge in [0.05, 0.1) is 0 Å². The Balaban J connectivity index is 1.51. The van der Waals surface area contributed by atoms with Crippen LogP contribution in [0.4, 0.5) is 13.2 Å². The second-order valence-electron chi connectivity index (χ2n) is 8.13. The molecule has 0 aliphatic heterocycles. The minimum absolute atomic E-state index is 0.174. The Hall–Kier alpha value is -3.33. The lowest BCUT2D eigenvalue weighted by Crippen LogP contribution is -1.97. The van der Waals surface area contributed by atoms with Gasteiger partial charge in [0.15, 0.2) is 11.6 Å². The van der Waals surface area contributed by atoms with E-state index < -0.39 is 11.6 Å². The van der Waals surface area contributed by atoms with Crippen LogP contribution in [0.25, 0.3) is 22.3 Å². The van der Waals surface area contributed by atoms with E-state index >= 15 is 0 Å². The molecule has 0 heterocycles. The van der Waals surface area contributed by atoms with Crippen LogP contribution in [0.15, 0.2) is 78.9 Å². The summed E-state index contributed by atoms with van der Waals surface area (Å²) in [6.45, 7) is 3.95. The van der Waals surface area contributed by atoms with Gasteiger partial charge in [0.25, 0.3) is 0 Å². The van der Waals surface area contributed by atoms with Crippen molar-refractivity contribution < 1.29 is 13.2 Å². The van der Waals surface area contributed by atoms with Crippen molar-refractivity contribution in [3.05, 3.63) is 119 Å². The van der Waals surface area contributed by atoms with Crippen molar-refractivity contribution in [2.45, 2.75) is 33.1 Å². The van der Waals surface area contributed by atoms with Gasteiger partial charge in [-0.15, -0.1) is 0 Å². The van der Waals surface area contributed by atoms with Crippen LogP contribution in [0.2, 0.25) is 0 Å². The summed E-state index contributed by atoms with van der Waals surface area (Å²) >= 11 is 0. The van der Waals surface area contributed by atoms with Crippen molar-refractivity contribution in [2.24, 2.45) is 0 Å². The smallest absolute Gasteiger partial charge is 0.167 e. The van der Waals surface area contributed by atoms with Gasteiger partial charge in [-0.3, -0.25) is 0 Å². The lowest BCUT2D eigenvalue weighted by Gasteiger charge is -2.10. The van der Waals surface area contributed by atoms with Crippen LogP contribution in [0.5, 0.6) is 0 Å². The Kier molecular flexibility index (Phi) is 6.45. The van der Waals surface area contributed by atoms with Gasteiger partial charge in [-0.1, -0.05) is 85.3 Å². The Morgan fingerprint density at radius 3 is 1.66 bits per heavy atom.